The molecule has 0 atom stereocenters. The van der Waals surface area contributed by atoms with Crippen molar-refractivity contribution < 1.29 is 40.1 Å². The first-order valence-corrected chi connectivity index (χ1v) is 1.60. The summed E-state index contributed by atoms with van der Waals surface area (Å²) in [6.45, 7) is 0. The summed E-state index contributed by atoms with van der Waals surface area (Å²) in [7, 11) is 0. The van der Waals surface area contributed by atoms with Crippen molar-refractivity contribution in [2.24, 2.45) is 0 Å². The molecule has 0 aliphatic rings. The van der Waals surface area contributed by atoms with E-state index < -0.39 is 12.3 Å². The van der Waals surface area contributed by atoms with E-state index in [1.54, 1.807) is 0 Å². The number of carboxylic acid groups (broad SMARTS) is 2. The van der Waals surface area contributed by atoms with Crippen LogP contribution in [0.25, 0.3) is 0 Å². The van der Waals surface area contributed by atoms with Gasteiger partial charge in [-0.3, -0.25) is 0 Å². The zero-order valence-corrected chi connectivity index (χ0v) is 5.05. The van der Waals surface area contributed by atoms with Crippen molar-refractivity contribution in [3.05, 3.63) is 0 Å². The smallest absolute Gasteiger partial charge is 0.659 e. The first kappa shape index (κ1) is 16.3. The molecule has 0 rings (SSSR count). The summed E-state index contributed by atoms with van der Waals surface area (Å²) < 4.78 is 0. The zero-order valence-electron chi connectivity index (χ0n) is 5.05. The minimum absolute atomic E-state index is 0. The van der Waals surface area contributed by atoms with E-state index in [9.17, 15) is 0 Å². The Morgan fingerprint density at radius 1 is 1.00 bits per heavy atom. The SMILES string of the molecule is O=C(O)O[O-].O=C(O)O[O-].[Be+2]. The van der Waals surface area contributed by atoms with Crippen LogP contribution in [0.4, 0.5) is 9.59 Å². The van der Waals surface area contributed by atoms with Crippen LogP contribution < -0.4 is 10.5 Å². The molecule has 0 aliphatic heterocycles. The van der Waals surface area contributed by atoms with Gasteiger partial charge in [0.2, 0.25) is 0 Å². The average molecular weight is 163 g/mol. The molecule has 9 heteroatoms. The Hall–Kier alpha value is -1.37. The zero-order chi connectivity index (χ0) is 8.57. The molecule has 0 amide bonds. The van der Waals surface area contributed by atoms with Gasteiger partial charge in [-0.2, -0.15) is 0 Å². The Morgan fingerprint density at radius 3 is 1.09 bits per heavy atom. The van der Waals surface area contributed by atoms with Crippen molar-refractivity contribution in [2.75, 3.05) is 0 Å². The first-order valence-electron chi connectivity index (χ1n) is 1.60. The summed E-state index contributed by atoms with van der Waals surface area (Å²) in [6.07, 6.45) is -3.60. The van der Waals surface area contributed by atoms with E-state index in [2.05, 4.69) is 9.78 Å². The fourth-order valence-electron chi connectivity index (χ4n) is 0. The van der Waals surface area contributed by atoms with Gasteiger partial charge in [-0.1, -0.05) is 0 Å². The van der Waals surface area contributed by atoms with Gasteiger partial charge in [-0.05, 0) is 0 Å². The van der Waals surface area contributed by atoms with E-state index in [4.69, 9.17) is 30.3 Å². The molecule has 11 heavy (non-hydrogen) atoms. The van der Waals surface area contributed by atoms with Crippen LogP contribution in [0.3, 0.4) is 0 Å². The number of hydrogen-bond donors (Lipinski definition) is 2. The van der Waals surface area contributed by atoms with Crippen LogP contribution in [-0.4, -0.2) is 32.6 Å². The van der Waals surface area contributed by atoms with Crippen molar-refractivity contribution in [2.45, 2.75) is 0 Å². The molecule has 0 fully saturated rings. The van der Waals surface area contributed by atoms with E-state index >= 15 is 0 Å². The predicted molar refractivity (Wildman–Crippen MR) is 24.0 cm³/mol. The van der Waals surface area contributed by atoms with E-state index in [-0.39, 0.29) is 10.1 Å². The quantitative estimate of drug-likeness (QED) is 0.227. The van der Waals surface area contributed by atoms with Crippen LogP contribution in [0.15, 0.2) is 0 Å². The predicted octanol–water partition coefficient (Wildman–Crippen LogP) is -2.47. The van der Waals surface area contributed by atoms with Gasteiger partial charge in [0.25, 0.3) is 0 Å². The van der Waals surface area contributed by atoms with E-state index in [0.717, 1.165) is 0 Å². The Kier molecular flexibility index (Phi) is 17.0. The average Bonchev–Trinajstić information content (AvgIpc) is 1.89. The molecule has 0 spiro atoms. The van der Waals surface area contributed by atoms with Crippen LogP contribution in [0.2, 0.25) is 0 Å². The first-order chi connectivity index (χ1) is 4.54. The van der Waals surface area contributed by atoms with E-state index in [0.29, 0.717) is 0 Å². The Bertz CT molecular complexity index is 96.7. The molecule has 0 aromatic rings. The summed E-state index contributed by atoms with van der Waals surface area (Å²) >= 11 is 0. The summed E-state index contributed by atoms with van der Waals surface area (Å²) in [4.78, 5) is 22.5. The number of carbonyl (C=O) groups is 2. The molecule has 0 aromatic heterocycles. The van der Waals surface area contributed by atoms with E-state index in [1.807, 2.05) is 0 Å². The third kappa shape index (κ3) is 54.9. The summed E-state index contributed by atoms with van der Waals surface area (Å²) in [5.74, 6) is 0. The third-order valence-electron chi connectivity index (χ3n) is 0.143. The van der Waals surface area contributed by atoms with Gasteiger partial charge >= 0.3 is 22.4 Å². The van der Waals surface area contributed by atoms with Gasteiger partial charge in [0.1, 0.15) is 0 Å². The van der Waals surface area contributed by atoms with Gasteiger partial charge in [0.15, 0.2) is 0 Å². The summed E-state index contributed by atoms with van der Waals surface area (Å²) in [5.41, 5.74) is 0. The second-order valence-electron chi connectivity index (χ2n) is 0.698. The molecule has 0 aliphatic carbocycles. The molecule has 0 unspecified atom stereocenters. The Morgan fingerprint density at radius 2 is 1.09 bits per heavy atom. The van der Waals surface area contributed by atoms with Gasteiger partial charge < -0.3 is 30.5 Å². The topological polar surface area (TPSA) is 139 Å². The summed E-state index contributed by atoms with van der Waals surface area (Å²) in [5, 5.41) is 31.4. The number of rotatable bonds is 0. The molecule has 0 bridgehead atoms. The molecule has 0 radical (unpaired) electrons. The molecule has 0 saturated carbocycles. The molecule has 0 heterocycles. The molecule has 0 saturated heterocycles. The Balaban J connectivity index is -0.000000107. The minimum atomic E-state index is -1.80. The maximum absolute atomic E-state index is 8.83. The largest absolute Gasteiger partial charge is 2.00 e. The van der Waals surface area contributed by atoms with Crippen LogP contribution >= 0.6 is 0 Å². The fourth-order valence-corrected chi connectivity index (χ4v) is 0. The number of hydrogen-bond acceptors (Lipinski definition) is 6. The Labute approximate surface area is 63.7 Å². The maximum Gasteiger partial charge on any atom is 2.00 e. The molecule has 60 valence electrons. The molecular formula is C2H2BeO8. The minimum Gasteiger partial charge on any atom is -0.659 e. The van der Waals surface area contributed by atoms with Crippen LogP contribution in [-0.2, 0) is 9.78 Å². The van der Waals surface area contributed by atoms with Gasteiger partial charge in [0, 0.05) is 0 Å². The monoisotopic (exact) mass is 163 g/mol. The van der Waals surface area contributed by atoms with Gasteiger partial charge in [-0.25, -0.2) is 9.59 Å². The van der Waals surface area contributed by atoms with E-state index in [1.165, 1.54) is 0 Å². The van der Waals surface area contributed by atoms with Crippen molar-refractivity contribution in [3.8, 4) is 0 Å². The van der Waals surface area contributed by atoms with Crippen molar-refractivity contribution in [3.63, 3.8) is 0 Å². The second kappa shape index (κ2) is 11.4. The van der Waals surface area contributed by atoms with Crippen molar-refractivity contribution in [1.82, 2.24) is 0 Å². The van der Waals surface area contributed by atoms with Crippen LogP contribution in [0.5, 0.6) is 0 Å². The molecule has 0 aromatic carbocycles. The van der Waals surface area contributed by atoms with Gasteiger partial charge in [0.05, 0.1) is 0 Å². The molecule has 2 N–H and O–H groups in total. The van der Waals surface area contributed by atoms with Crippen LogP contribution in [0, 0.1) is 0 Å². The van der Waals surface area contributed by atoms with Gasteiger partial charge in [-0.15, -0.1) is 0 Å². The summed E-state index contributed by atoms with van der Waals surface area (Å²) in [6, 6.07) is 0. The molecule has 8 nitrogen and oxygen atoms in total. The second-order valence-corrected chi connectivity index (χ2v) is 0.698. The normalized spacial score (nSPS) is 6.00. The molecular weight excluding hydrogens is 161 g/mol. The van der Waals surface area contributed by atoms with Crippen molar-refractivity contribution in [1.29, 1.82) is 0 Å². The van der Waals surface area contributed by atoms with Crippen LogP contribution in [0.1, 0.15) is 0 Å². The standard InChI is InChI=1S/2CH2O4.Be/c2*2-1(3)5-4;/h2*4H,(H,2,3);/q;;+2/p-2. The maximum atomic E-state index is 8.83. The third-order valence-corrected chi connectivity index (χ3v) is 0.143. The van der Waals surface area contributed by atoms with Crippen molar-refractivity contribution >= 4 is 22.4 Å². The fraction of sp³-hybridized carbons (Fsp3) is 0.